The predicted octanol–water partition coefficient (Wildman–Crippen LogP) is 3.03. The van der Waals surface area contributed by atoms with E-state index in [0.717, 1.165) is 44.8 Å². The van der Waals surface area contributed by atoms with E-state index in [1.54, 1.807) is 0 Å². The highest BCUT2D eigenvalue weighted by molar-refractivity contribution is 5.76. The first-order chi connectivity index (χ1) is 14.5. The number of carbonyl (C=O) groups is 1. The molecule has 1 aromatic heterocycles. The molecule has 4 heterocycles. The predicted molar refractivity (Wildman–Crippen MR) is 122 cm³/mol. The van der Waals surface area contributed by atoms with Gasteiger partial charge in [0.25, 0.3) is 0 Å². The van der Waals surface area contributed by atoms with Crippen LogP contribution in [-0.4, -0.2) is 89.4 Å². The molecule has 0 atom stereocenters. The minimum atomic E-state index is 0.250. The molecule has 3 aliphatic heterocycles. The van der Waals surface area contributed by atoms with Crippen LogP contribution in [0.2, 0.25) is 0 Å². The van der Waals surface area contributed by atoms with E-state index >= 15 is 0 Å². The normalized spacial score (nSPS) is 23.5. The van der Waals surface area contributed by atoms with Crippen LogP contribution in [0, 0.1) is 5.92 Å². The quantitative estimate of drug-likeness (QED) is 0.690. The number of likely N-dealkylation sites (tertiary alicyclic amines) is 2. The van der Waals surface area contributed by atoms with E-state index in [9.17, 15) is 4.79 Å². The van der Waals surface area contributed by atoms with Gasteiger partial charge in [0.15, 0.2) is 0 Å². The monoisotopic (exact) mass is 418 g/mol. The first-order valence-corrected chi connectivity index (χ1v) is 12.3. The standard InChI is InChI=1S/C22H38N5O.C2H6/c1-27(2)16-9-19(10-17-27)4-3-12-24-13-6-20(7-14-24)25-15-8-21-5-11-23-26(21)18-22(25)28;1-2/h5,11,19-20H,3-4,6-10,12-18H2,1-2H3;1-2H3/q+1;. The highest BCUT2D eigenvalue weighted by Crippen LogP contribution is 2.25. The van der Waals surface area contributed by atoms with Crippen LogP contribution in [0.15, 0.2) is 12.3 Å². The lowest BCUT2D eigenvalue weighted by Gasteiger charge is -2.39. The molecule has 0 aliphatic carbocycles. The molecule has 3 aliphatic rings. The first-order valence-electron chi connectivity index (χ1n) is 12.3. The lowest BCUT2D eigenvalue weighted by atomic mass is 9.91. The Morgan fingerprint density at radius 3 is 2.47 bits per heavy atom. The summed E-state index contributed by atoms with van der Waals surface area (Å²) in [7, 11) is 4.73. The van der Waals surface area contributed by atoms with E-state index in [1.165, 1.54) is 55.5 Å². The van der Waals surface area contributed by atoms with Crippen molar-refractivity contribution in [3.63, 3.8) is 0 Å². The maximum absolute atomic E-state index is 12.7. The zero-order chi connectivity index (χ0) is 21.6. The van der Waals surface area contributed by atoms with Gasteiger partial charge in [-0.3, -0.25) is 9.48 Å². The maximum Gasteiger partial charge on any atom is 0.244 e. The lowest BCUT2D eigenvalue weighted by molar-refractivity contribution is -0.896. The number of nitrogens with zero attached hydrogens (tertiary/aromatic N) is 5. The summed E-state index contributed by atoms with van der Waals surface area (Å²) in [4.78, 5) is 17.5. The van der Waals surface area contributed by atoms with Crippen LogP contribution >= 0.6 is 0 Å². The fourth-order valence-corrected chi connectivity index (χ4v) is 5.35. The van der Waals surface area contributed by atoms with Crippen LogP contribution in [0.1, 0.15) is 58.1 Å². The third-order valence-corrected chi connectivity index (χ3v) is 7.39. The Labute approximate surface area is 183 Å². The summed E-state index contributed by atoms with van der Waals surface area (Å²) in [5.74, 6) is 1.20. The van der Waals surface area contributed by atoms with Crippen LogP contribution in [0.3, 0.4) is 0 Å². The van der Waals surface area contributed by atoms with Gasteiger partial charge in [0.1, 0.15) is 6.54 Å². The Hall–Kier alpha value is -1.40. The molecule has 0 unspecified atom stereocenters. The molecule has 0 radical (unpaired) electrons. The number of hydrogen-bond donors (Lipinski definition) is 0. The topological polar surface area (TPSA) is 41.4 Å². The zero-order valence-electron chi connectivity index (χ0n) is 19.9. The minimum Gasteiger partial charge on any atom is -0.338 e. The van der Waals surface area contributed by atoms with Crippen LogP contribution in [0.4, 0.5) is 0 Å². The molecule has 0 N–H and O–H groups in total. The molecule has 2 saturated heterocycles. The second-order valence-corrected chi connectivity index (χ2v) is 9.86. The van der Waals surface area contributed by atoms with Gasteiger partial charge in [-0.05, 0) is 57.1 Å². The van der Waals surface area contributed by atoms with Gasteiger partial charge in [-0.2, -0.15) is 5.10 Å². The van der Waals surface area contributed by atoms with Crippen molar-refractivity contribution >= 4 is 5.91 Å². The summed E-state index contributed by atoms with van der Waals surface area (Å²) in [6.45, 7) is 11.5. The molecule has 0 spiro atoms. The Morgan fingerprint density at radius 2 is 1.77 bits per heavy atom. The van der Waals surface area contributed by atoms with Crippen molar-refractivity contribution in [3.05, 3.63) is 18.0 Å². The molecule has 170 valence electrons. The summed E-state index contributed by atoms with van der Waals surface area (Å²) >= 11 is 0. The average molecular weight is 419 g/mol. The smallest absolute Gasteiger partial charge is 0.244 e. The minimum absolute atomic E-state index is 0.250. The summed E-state index contributed by atoms with van der Waals surface area (Å²) < 4.78 is 3.09. The number of hydrogen-bond acceptors (Lipinski definition) is 3. The van der Waals surface area contributed by atoms with Crippen LogP contribution in [-0.2, 0) is 17.8 Å². The molecule has 4 rings (SSSR count). The Kier molecular flexibility index (Phi) is 8.35. The van der Waals surface area contributed by atoms with Crippen LogP contribution in [0.25, 0.3) is 0 Å². The molecule has 30 heavy (non-hydrogen) atoms. The molecule has 6 nitrogen and oxygen atoms in total. The fourth-order valence-electron chi connectivity index (χ4n) is 5.35. The molecule has 1 aromatic rings. The first kappa shape index (κ1) is 23.3. The molecule has 2 fully saturated rings. The number of piperidine rings is 2. The van der Waals surface area contributed by atoms with Crippen LogP contribution in [0.5, 0.6) is 0 Å². The number of carbonyl (C=O) groups excluding carboxylic acids is 1. The van der Waals surface area contributed by atoms with Crippen molar-refractivity contribution in [3.8, 4) is 0 Å². The highest BCUT2D eigenvalue weighted by atomic mass is 16.2. The fraction of sp³-hybridized carbons (Fsp3) is 0.833. The van der Waals surface area contributed by atoms with E-state index in [1.807, 2.05) is 30.8 Å². The number of rotatable bonds is 5. The van der Waals surface area contributed by atoms with Crippen molar-refractivity contribution in [2.75, 3.05) is 53.4 Å². The van der Waals surface area contributed by atoms with Gasteiger partial charge < -0.3 is 14.3 Å². The summed E-state index contributed by atoms with van der Waals surface area (Å²) in [6.07, 6.45) is 10.6. The Morgan fingerprint density at radius 1 is 1.07 bits per heavy atom. The van der Waals surface area contributed by atoms with Gasteiger partial charge in [0.05, 0.1) is 27.2 Å². The average Bonchev–Trinajstić information content (AvgIpc) is 3.12. The largest absolute Gasteiger partial charge is 0.338 e. The summed E-state index contributed by atoms with van der Waals surface area (Å²) in [5, 5.41) is 4.30. The number of fused-ring (bicyclic) bond motifs is 1. The van der Waals surface area contributed by atoms with E-state index < -0.39 is 0 Å². The molecule has 0 aromatic carbocycles. The van der Waals surface area contributed by atoms with Crippen molar-refractivity contribution in [2.24, 2.45) is 5.92 Å². The van der Waals surface area contributed by atoms with Crippen molar-refractivity contribution < 1.29 is 9.28 Å². The van der Waals surface area contributed by atoms with Crippen LogP contribution < -0.4 is 0 Å². The highest BCUT2D eigenvalue weighted by Gasteiger charge is 2.30. The maximum atomic E-state index is 12.7. The zero-order valence-corrected chi connectivity index (χ0v) is 19.9. The van der Waals surface area contributed by atoms with E-state index in [2.05, 4.69) is 29.0 Å². The van der Waals surface area contributed by atoms with Crippen molar-refractivity contribution in [1.29, 1.82) is 0 Å². The SMILES string of the molecule is CC.C[N+]1(C)CCC(CCCN2CCC(N3CCc4ccnn4CC3=O)CC2)CC1. The second kappa shape index (κ2) is 10.8. The molecular formula is C24H44N5O+. The Balaban J connectivity index is 0.00000124. The molecule has 0 bridgehead atoms. The Bertz CT molecular complexity index is 652. The molecule has 0 saturated carbocycles. The van der Waals surface area contributed by atoms with Crippen molar-refractivity contribution in [1.82, 2.24) is 19.6 Å². The van der Waals surface area contributed by atoms with Crippen molar-refractivity contribution in [2.45, 2.75) is 71.4 Å². The van der Waals surface area contributed by atoms with Gasteiger partial charge >= 0.3 is 0 Å². The number of amides is 1. The number of quaternary nitrogens is 1. The number of aromatic nitrogens is 2. The second-order valence-electron chi connectivity index (χ2n) is 9.86. The molecule has 1 amide bonds. The van der Waals surface area contributed by atoms with Gasteiger partial charge in [-0.1, -0.05) is 13.8 Å². The lowest BCUT2D eigenvalue weighted by Crippen LogP contribution is -2.48. The van der Waals surface area contributed by atoms with E-state index in [0.29, 0.717) is 12.6 Å². The third-order valence-electron chi connectivity index (χ3n) is 7.39. The van der Waals surface area contributed by atoms with E-state index in [4.69, 9.17) is 0 Å². The molecular weight excluding hydrogens is 374 g/mol. The summed E-state index contributed by atoms with van der Waals surface area (Å²) in [6, 6.07) is 2.47. The van der Waals surface area contributed by atoms with Gasteiger partial charge in [0, 0.05) is 44.0 Å². The van der Waals surface area contributed by atoms with Gasteiger partial charge in [-0.15, -0.1) is 0 Å². The third kappa shape index (κ3) is 6.07. The van der Waals surface area contributed by atoms with E-state index in [-0.39, 0.29) is 5.91 Å². The van der Waals surface area contributed by atoms with Gasteiger partial charge in [0.2, 0.25) is 5.91 Å². The van der Waals surface area contributed by atoms with Gasteiger partial charge in [-0.25, -0.2) is 0 Å². The summed E-state index contributed by atoms with van der Waals surface area (Å²) in [5.41, 5.74) is 1.19. The molecule has 6 heteroatoms.